The van der Waals surface area contributed by atoms with Gasteiger partial charge in [0.05, 0.1) is 9.79 Å². The Morgan fingerprint density at radius 1 is 0.750 bits per heavy atom. The first kappa shape index (κ1) is 26.0. The molecule has 3 aromatic carbocycles. The molecule has 10 heteroatoms. The second kappa shape index (κ2) is 11.3. The number of nitrogens with zero attached hydrogens (tertiary/aromatic N) is 1. The lowest BCUT2D eigenvalue weighted by Gasteiger charge is -2.19. The van der Waals surface area contributed by atoms with E-state index < -0.39 is 32.0 Å². The van der Waals surface area contributed by atoms with Crippen LogP contribution in [0.25, 0.3) is 0 Å². The molecule has 1 aliphatic rings. The highest BCUT2D eigenvalue weighted by Gasteiger charge is 2.28. The standard InChI is InChI=1S/C26H29N3O5S2/c30-26(27-20-22-13-15-24(16-14-22)36(33,34)29-17-7-8-18-29)25(19-21-9-3-1-4-10-21)28-35(31,32)23-11-5-2-6-12-23/h1-6,9-16,25,28H,7-8,17-20H2,(H,27,30)/t25-/m1/s1. The van der Waals surface area contributed by atoms with Gasteiger partial charge >= 0.3 is 0 Å². The first-order valence-corrected chi connectivity index (χ1v) is 14.7. The lowest BCUT2D eigenvalue weighted by atomic mass is 10.1. The predicted octanol–water partition coefficient (Wildman–Crippen LogP) is 2.68. The van der Waals surface area contributed by atoms with Crippen molar-refractivity contribution in [1.29, 1.82) is 0 Å². The molecule has 0 unspecified atom stereocenters. The van der Waals surface area contributed by atoms with Crippen molar-refractivity contribution in [2.45, 2.75) is 41.6 Å². The molecule has 2 N–H and O–H groups in total. The summed E-state index contributed by atoms with van der Waals surface area (Å²) in [5.41, 5.74) is 1.51. The van der Waals surface area contributed by atoms with Crippen molar-refractivity contribution in [3.63, 3.8) is 0 Å². The summed E-state index contributed by atoms with van der Waals surface area (Å²) in [6.07, 6.45) is 1.90. The molecule has 0 radical (unpaired) electrons. The van der Waals surface area contributed by atoms with Gasteiger partial charge in [0.1, 0.15) is 6.04 Å². The smallest absolute Gasteiger partial charge is 0.243 e. The van der Waals surface area contributed by atoms with E-state index in [2.05, 4.69) is 10.0 Å². The molecule has 0 aromatic heterocycles. The van der Waals surface area contributed by atoms with Crippen LogP contribution in [0.1, 0.15) is 24.0 Å². The van der Waals surface area contributed by atoms with Crippen LogP contribution in [-0.2, 0) is 37.8 Å². The lowest BCUT2D eigenvalue weighted by Crippen LogP contribution is -2.47. The molecule has 0 aliphatic carbocycles. The maximum absolute atomic E-state index is 13.1. The van der Waals surface area contributed by atoms with Gasteiger partial charge in [-0.15, -0.1) is 0 Å². The van der Waals surface area contributed by atoms with Gasteiger partial charge in [-0.25, -0.2) is 16.8 Å². The molecule has 1 atom stereocenters. The molecule has 0 saturated carbocycles. The maximum Gasteiger partial charge on any atom is 0.243 e. The lowest BCUT2D eigenvalue weighted by molar-refractivity contribution is -0.122. The maximum atomic E-state index is 13.1. The summed E-state index contributed by atoms with van der Waals surface area (Å²) in [7, 11) is -7.43. The summed E-state index contributed by atoms with van der Waals surface area (Å²) in [5, 5.41) is 2.78. The first-order valence-electron chi connectivity index (χ1n) is 11.7. The number of carbonyl (C=O) groups is 1. The van der Waals surface area contributed by atoms with Gasteiger partial charge < -0.3 is 5.32 Å². The fourth-order valence-corrected chi connectivity index (χ4v) is 6.80. The number of nitrogens with one attached hydrogen (secondary N) is 2. The average Bonchev–Trinajstić information content (AvgIpc) is 3.44. The number of benzene rings is 3. The third kappa shape index (κ3) is 6.38. The Bertz CT molecular complexity index is 1370. The Hall–Kier alpha value is -3.05. The molecule has 0 spiro atoms. The zero-order valence-electron chi connectivity index (χ0n) is 19.7. The van der Waals surface area contributed by atoms with E-state index in [9.17, 15) is 21.6 Å². The highest BCUT2D eigenvalue weighted by Crippen LogP contribution is 2.21. The van der Waals surface area contributed by atoms with Crippen LogP contribution in [0, 0.1) is 0 Å². The van der Waals surface area contributed by atoms with Crippen LogP contribution in [0.5, 0.6) is 0 Å². The monoisotopic (exact) mass is 527 g/mol. The molecule has 8 nitrogen and oxygen atoms in total. The number of carbonyl (C=O) groups excluding carboxylic acids is 1. The van der Waals surface area contributed by atoms with Crippen LogP contribution in [-0.4, -0.2) is 46.2 Å². The minimum Gasteiger partial charge on any atom is -0.351 e. The first-order chi connectivity index (χ1) is 17.3. The van der Waals surface area contributed by atoms with E-state index in [1.54, 1.807) is 30.3 Å². The SMILES string of the molecule is O=C(NCc1ccc(S(=O)(=O)N2CCCC2)cc1)[C@@H](Cc1ccccc1)NS(=O)(=O)c1ccccc1. The summed E-state index contributed by atoms with van der Waals surface area (Å²) in [6.45, 7) is 1.19. The highest BCUT2D eigenvalue weighted by atomic mass is 32.2. The number of rotatable bonds is 10. The van der Waals surface area contributed by atoms with E-state index >= 15 is 0 Å². The number of hydrogen-bond acceptors (Lipinski definition) is 5. The van der Waals surface area contributed by atoms with E-state index in [0.29, 0.717) is 18.7 Å². The summed E-state index contributed by atoms with van der Waals surface area (Å²) in [5.74, 6) is -0.480. The van der Waals surface area contributed by atoms with Crippen molar-refractivity contribution >= 4 is 26.0 Å². The van der Waals surface area contributed by atoms with Crippen LogP contribution in [0.15, 0.2) is 94.7 Å². The normalized spacial score (nSPS) is 15.4. The van der Waals surface area contributed by atoms with Crippen LogP contribution >= 0.6 is 0 Å². The van der Waals surface area contributed by atoms with Crippen LogP contribution in [0.4, 0.5) is 0 Å². The van der Waals surface area contributed by atoms with Gasteiger partial charge in [-0.3, -0.25) is 4.79 Å². The highest BCUT2D eigenvalue weighted by molar-refractivity contribution is 7.89. The van der Waals surface area contributed by atoms with E-state index in [0.717, 1.165) is 18.4 Å². The van der Waals surface area contributed by atoms with E-state index in [1.165, 1.54) is 28.6 Å². The van der Waals surface area contributed by atoms with Gasteiger partial charge in [0, 0.05) is 19.6 Å². The summed E-state index contributed by atoms with van der Waals surface area (Å²) >= 11 is 0. The molecule has 4 rings (SSSR count). The molecule has 1 fully saturated rings. The minimum absolute atomic E-state index is 0.0747. The van der Waals surface area contributed by atoms with Crippen LogP contribution in [0.2, 0.25) is 0 Å². The van der Waals surface area contributed by atoms with Gasteiger partial charge in [-0.05, 0) is 54.7 Å². The molecule has 3 aromatic rings. The van der Waals surface area contributed by atoms with Gasteiger partial charge in [-0.1, -0.05) is 60.7 Å². The van der Waals surface area contributed by atoms with Gasteiger partial charge in [-0.2, -0.15) is 9.03 Å². The summed E-state index contributed by atoms with van der Waals surface area (Å²) in [4.78, 5) is 13.4. The molecule has 1 saturated heterocycles. The van der Waals surface area contributed by atoms with E-state index in [-0.39, 0.29) is 22.8 Å². The number of sulfonamides is 2. The minimum atomic E-state index is -3.92. The number of hydrogen-bond donors (Lipinski definition) is 2. The Balaban J connectivity index is 1.45. The topological polar surface area (TPSA) is 113 Å². The molecule has 36 heavy (non-hydrogen) atoms. The largest absolute Gasteiger partial charge is 0.351 e. The van der Waals surface area contributed by atoms with Crippen molar-refractivity contribution in [1.82, 2.24) is 14.3 Å². The molecular weight excluding hydrogens is 498 g/mol. The average molecular weight is 528 g/mol. The second-order valence-corrected chi connectivity index (χ2v) is 12.3. The van der Waals surface area contributed by atoms with Crippen molar-refractivity contribution < 1.29 is 21.6 Å². The fraction of sp³-hybridized carbons (Fsp3) is 0.269. The van der Waals surface area contributed by atoms with Gasteiger partial charge in [0.2, 0.25) is 26.0 Å². The Kier molecular flexibility index (Phi) is 8.20. The van der Waals surface area contributed by atoms with Crippen molar-refractivity contribution in [2.75, 3.05) is 13.1 Å². The van der Waals surface area contributed by atoms with Crippen molar-refractivity contribution in [2.24, 2.45) is 0 Å². The predicted molar refractivity (Wildman–Crippen MR) is 137 cm³/mol. The van der Waals surface area contributed by atoms with E-state index in [4.69, 9.17) is 0 Å². The molecule has 1 heterocycles. The zero-order valence-corrected chi connectivity index (χ0v) is 21.3. The quantitative estimate of drug-likeness (QED) is 0.421. The molecule has 0 bridgehead atoms. The number of amides is 1. The zero-order chi connectivity index (χ0) is 25.6. The molecule has 190 valence electrons. The van der Waals surface area contributed by atoms with Crippen molar-refractivity contribution in [3.05, 3.63) is 96.1 Å². The molecule has 1 aliphatic heterocycles. The van der Waals surface area contributed by atoms with Crippen LogP contribution in [0.3, 0.4) is 0 Å². The third-order valence-corrected chi connectivity index (χ3v) is 9.44. The van der Waals surface area contributed by atoms with Crippen molar-refractivity contribution in [3.8, 4) is 0 Å². The summed E-state index contributed by atoms with van der Waals surface area (Å²) in [6, 6.07) is 22.4. The fourth-order valence-electron chi connectivity index (χ4n) is 4.06. The van der Waals surface area contributed by atoms with E-state index in [1.807, 2.05) is 30.3 Å². The van der Waals surface area contributed by atoms with Gasteiger partial charge in [0.25, 0.3) is 0 Å². The van der Waals surface area contributed by atoms with Gasteiger partial charge in [0.15, 0.2) is 0 Å². The molecular formula is C26H29N3O5S2. The van der Waals surface area contributed by atoms with Crippen LogP contribution < -0.4 is 10.0 Å². The second-order valence-electron chi connectivity index (χ2n) is 8.65. The third-order valence-electron chi connectivity index (χ3n) is 6.04. The Morgan fingerprint density at radius 3 is 1.94 bits per heavy atom. The Labute approximate surface area is 212 Å². The summed E-state index contributed by atoms with van der Waals surface area (Å²) < 4.78 is 55.2. The Morgan fingerprint density at radius 2 is 1.33 bits per heavy atom. The molecule has 1 amide bonds.